The number of nitrogens with zero attached hydrogens (tertiary/aromatic N) is 2. The van der Waals surface area contributed by atoms with Gasteiger partial charge in [-0.25, -0.2) is 0 Å². The third kappa shape index (κ3) is 3.76. The molecule has 0 aliphatic heterocycles. The summed E-state index contributed by atoms with van der Waals surface area (Å²) >= 11 is 0. The molecule has 6 aromatic carbocycles. The lowest BCUT2D eigenvalue weighted by Crippen LogP contribution is -2.36. The van der Waals surface area contributed by atoms with Crippen LogP contribution in [0.1, 0.15) is 25.0 Å². The lowest BCUT2D eigenvalue weighted by Gasteiger charge is -2.45. The number of rotatable bonds is 8. The standard InChI is InChI=1S/C76H58N2/c1-38-48-31-32-52-51-34-33-49-50-35-36-53-55-37-54-39(2)75-73-63(54)61(55)66-59(53)58(50)64-56(49)57(51)65-60(52)62(48)72(70-68(65)67(64)69(66)71(70)73)74(38,75)76(75,40-23-27-46(28-24-40)77(42-15-7-3-8-16-42)43-17-9-4-10-18-43)41-25-29-47(30-26-41)78(44-19-11-5-12-20-44)45-21-13-6-14-22-45/h3-39,48-53,55-63H,1-2H3. The minimum atomic E-state index is -0.307. The highest BCUT2D eigenvalue weighted by Gasteiger charge is 2.99. The SMILES string of the molecule is CC1C2=CC3C4C=CC5C6C=CC7C8C=CC9C%10C%11=C%12C%13=C(C7C6C6=C%13C7=C(C3C2C(=C7%12)C12C(c1ccc(N(c3ccccc3)c3ccccc3)cc1)(c1ccc(N(c3ccccc3)c3ccccc3)cc1)C%112C9C)C4C65)C8%10. The first-order valence-electron chi connectivity index (χ1n) is 30.1. The fraction of sp³-hybridized carbons (Fsp3) is 0.289. The van der Waals surface area contributed by atoms with Gasteiger partial charge in [0.05, 0.1) is 0 Å². The van der Waals surface area contributed by atoms with Gasteiger partial charge in [-0.3, -0.25) is 0 Å². The second-order valence-electron chi connectivity index (χ2n) is 27.1. The van der Waals surface area contributed by atoms with Crippen molar-refractivity contribution in [3.63, 3.8) is 0 Å². The van der Waals surface area contributed by atoms with Crippen LogP contribution < -0.4 is 9.80 Å². The van der Waals surface area contributed by atoms with Crippen molar-refractivity contribution in [1.82, 2.24) is 0 Å². The molecule has 2 nitrogen and oxygen atoms in total. The summed E-state index contributed by atoms with van der Waals surface area (Å²) in [4.78, 5) is 4.95. The molecule has 0 radical (unpaired) electrons. The fourth-order valence-corrected chi connectivity index (χ4v) is 24.7. The molecule has 0 bridgehead atoms. The van der Waals surface area contributed by atoms with Gasteiger partial charge in [0.2, 0.25) is 0 Å². The highest BCUT2D eigenvalue weighted by Crippen LogP contribution is 3.02. The zero-order valence-electron chi connectivity index (χ0n) is 43.9. The van der Waals surface area contributed by atoms with Gasteiger partial charge < -0.3 is 9.80 Å². The van der Waals surface area contributed by atoms with Gasteiger partial charge in [-0.15, -0.1) is 0 Å². The Morgan fingerprint density at radius 2 is 0.679 bits per heavy atom. The fourth-order valence-electron chi connectivity index (χ4n) is 24.7. The molecule has 0 amide bonds. The van der Waals surface area contributed by atoms with Crippen molar-refractivity contribution in [2.24, 2.45) is 111 Å². The predicted octanol–water partition coefficient (Wildman–Crippen LogP) is 16.7. The molecule has 0 heterocycles. The molecule has 7 saturated carbocycles. The van der Waals surface area contributed by atoms with Crippen LogP contribution >= 0.6 is 0 Å². The molecule has 0 aromatic heterocycles. The molecule has 0 saturated heterocycles. The summed E-state index contributed by atoms with van der Waals surface area (Å²) in [6, 6.07) is 65.0. The van der Waals surface area contributed by atoms with Crippen LogP contribution in [0.15, 0.2) is 274 Å². The molecule has 22 rings (SSSR count). The summed E-state index contributed by atoms with van der Waals surface area (Å²) in [6.45, 7) is 5.61. The molecule has 16 aliphatic rings. The van der Waals surface area contributed by atoms with Crippen LogP contribution in [-0.2, 0) is 5.41 Å². The zero-order chi connectivity index (χ0) is 50.2. The van der Waals surface area contributed by atoms with Crippen LogP contribution in [0, 0.1) is 111 Å². The van der Waals surface area contributed by atoms with Gasteiger partial charge >= 0.3 is 0 Å². The van der Waals surface area contributed by atoms with Gasteiger partial charge in [-0.2, -0.15) is 0 Å². The Labute approximate surface area is 457 Å². The van der Waals surface area contributed by atoms with Crippen molar-refractivity contribution in [1.29, 1.82) is 0 Å². The van der Waals surface area contributed by atoms with Gasteiger partial charge in [-0.1, -0.05) is 176 Å². The lowest BCUT2D eigenvalue weighted by molar-refractivity contribution is 0.229. The molecule has 2 spiro atoms. The van der Waals surface area contributed by atoms with E-state index in [0.717, 1.165) is 0 Å². The van der Waals surface area contributed by atoms with E-state index < -0.39 is 0 Å². The Morgan fingerprint density at radius 3 is 1.13 bits per heavy atom. The predicted molar refractivity (Wildman–Crippen MR) is 309 cm³/mol. The van der Waals surface area contributed by atoms with Crippen LogP contribution in [-0.4, -0.2) is 0 Å². The van der Waals surface area contributed by atoms with Crippen molar-refractivity contribution in [3.8, 4) is 0 Å². The maximum atomic E-state index is 3.01. The van der Waals surface area contributed by atoms with E-state index in [9.17, 15) is 0 Å². The first kappa shape index (κ1) is 40.7. The van der Waals surface area contributed by atoms with Crippen molar-refractivity contribution in [2.75, 3.05) is 9.80 Å². The summed E-state index contributed by atoms with van der Waals surface area (Å²) in [7, 11) is 0. The van der Waals surface area contributed by atoms with Gasteiger partial charge in [0.15, 0.2) is 0 Å². The Morgan fingerprint density at radius 1 is 0.321 bits per heavy atom. The third-order valence-electron chi connectivity index (χ3n) is 25.8. The highest BCUT2D eigenvalue weighted by atomic mass is 15.1. The summed E-state index contributed by atoms with van der Waals surface area (Å²) in [5, 5.41) is 0. The van der Waals surface area contributed by atoms with Crippen molar-refractivity contribution < 1.29 is 0 Å². The molecule has 6 aromatic rings. The van der Waals surface area contributed by atoms with Crippen LogP contribution in [0.3, 0.4) is 0 Å². The van der Waals surface area contributed by atoms with Crippen molar-refractivity contribution in [2.45, 2.75) is 19.3 Å². The lowest BCUT2D eigenvalue weighted by atomic mass is 9.58. The first-order chi connectivity index (χ1) is 38.6. The van der Waals surface area contributed by atoms with Gasteiger partial charge in [0, 0.05) is 56.3 Å². The van der Waals surface area contributed by atoms with Gasteiger partial charge in [0.25, 0.3) is 0 Å². The van der Waals surface area contributed by atoms with E-state index >= 15 is 0 Å². The van der Waals surface area contributed by atoms with Crippen LogP contribution in [0.2, 0.25) is 0 Å². The van der Waals surface area contributed by atoms with Crippen LogP contribution in [0.4, 0.5) is 34.1 Å². The highest BCUT2D eigenvalue weighted by molar-refractivity contribution is 5.96. The summed E-state index contributed by atoms with van der Waals surface area (Å²) in [5.41, 5.74) is 30.5. The number of para-hydroxylation sites is 4. The number of allylic oxidation sites excluding steroid dienone is 18. The molecule has 0 N–H and O–H groups in total. The number of fused-ring (bicyclic) bond motifs is 3. The second-order valence-corrected chi connectivity index (χ2v) is 27.1. The van der Waals surface area contributed by atoms with E-state index in [1.54, 1.807) is 0 Å². The Bertz CT molecular complexity index is 3960. The molecule has 372 valence electrons. The maximum Gasteiger partial charge on any atom is 0.0461 e. The molecule has 19 unspecified atom stereocenters. The summed E-state index contributed by atoms with van der Waals surface area (Å²) in [5.74, 6) is 10.0. The second kappa shape index (κ2) is 12.9. The molecular weight excluding hydrogens is 941 g/mol. The van der Waals surface area contributed by atoms with Crippen LogP contribution in [0.25, 0.3) is 0 Å². The maximum absolute atomic E-state index is 3.01. The quantitative estimate of drug-likeness (QED) is 0.140. The summed E-state index contributed by atoms with van der Waals surface area (Å²) < 4.78 is 0. The number of hydrogen-bond donors (Lipinski definition) is 0. The van der Waals surface area contributed by atoms with Gasteiger partial charge in [0.1, 0.15) is 0 Å². The molecule has 78 heavy (non-hydrogen) atoms. The molecule has 2 heteroatoms. The van der Waals surface area contributed by atoms with E-state index in [1.165, 1.54) is 45.3 Å². The smallest absolute Gasteiger partial charge is 0.0461 e. The molecule has 16 aliphatic carbocycles. The zero-order valence-corrected chi connectivity index (χ0v) is 43.9. The average molecular weight is 999 g/mol. The Balaban J connectivity index is 0.861. The van der Waals surface area contributed by atoms with E-state index in [1.807, 2.05) is 61.3 Å². The minimum Gasteiger partial charge on any atom is -0.311 e. The van der Waals surface area contributed by atoms with E-state index in [4.69, 9.17) is 0 Å². The summed E-state index contributed by atoms with van der Waals surface area (Å²) in [6.07, 6.45) is 20.0. The Kier molecular flexibility index (Phi) is 6.71. The van der Waals surface area contributed by atoms with Crippen molar-refractivity contribution >= 4 is 34.1 Å². The van der Waals surface area contributed by atoms with Crippen LogP contribution in [0.5, 0.6) is 0 Å². The Hall–Kier alpha value is -7.42. The van der Waals surface area contributed by atoms with Crippen molar-refractivity contribution in [3.05, 3.63) is 285 Å². The number of anilines is 6. The van der Waals surface area contributed by atoms with E-state index in [0.29, 0.717) is 101 Å². The molecule has 19 atom stereocenters. The third-order valence-corrected chi connectivity index (χ3v) is 25.8. The topological polar surface area (TPSA) is 6.48 Å². The van der Waals surface area contributed by atoms with E-state index in [-0.39, 0.29) is 16.2 Å². The van der Waals surface area contributed by atoms with Gasteiger partial charge in [-0.05, 0) is 218 Å². The monoisotopic (exact) mass is 998 g/mol. The van der Waals surface area contributed by atoms with E-state index in [2.05, 4.69) is 236 Å². The molecule has 7 fully saturated rings. The average Bonchev–Trinajstić information content (AvgIpc) is 1.43. The molecular formula is C76H58N2. The normalized spacial score (nSPS) is 41.5. The number of hydrogen-bond acceptors (Lipinski definition) is 2. The first-order valence-corrected chi connectivity index (χ1v) is 30.1. The minimum absolute atomic E-state index is 0.104. The largest absolute Gasteiger partial charge is 0.311 e. The number of benzene rings is 6.